The van der Waals surface area contributed by atoms with Gasteiger partial charge in [-0.3, -0.25) is 9.69 Å². The minimum absolute atomic E-state index is 0.0668. The zero-order valence-corrected chi connectivity index (χ0v) is 19.6. The van der Waals surface area contributed by atoms with E-state index in [1.807, 2.05) is 60.3 Å². The summed E-state index contributed by atoms with van der Waals surface area (Å²) in [5, 5.41) is 10.8. The van der Waals surface area contributed by atoms with Crippen LogP contribution in [0.4, 0.5) is 11.4 Å². The molecule has 2 N–H and O–H groups in total. The number of hydrogen-bond acceptors (Lipinski definition) is 5. The van der Waals surface area contributed by atoms with Crippen LogP contribution in [0.25, 0.3) is 0 Å². The summed E-state index contributed by atoms with van der Waals surface area (Å²) in [5.41, 5.74) is 11.1. The molecule has 4 rings (SSSR count). The van der Waals surface area contributed by atoms with Gasteiger partial charge in [0.2, 0.25) is 0 Å². The number of rotatable bonds is 3. The van der Waals surface area contributed by atoms with Crippen molar-refractivity contribution in [3.8, 4) is 6.07 Å². The van der Waals surface area contributed by atoms with Crippen LogP contribution in [0.3, 0.4) is 0 Å². The molecule has 0 spiro atoms. The molecule has 1 aliphatic heterocycles. The topological polar surface area (TPSA) is 73.4 Å². The Morgan fingerprint density at radius 1 is 1.09 bits per heavy atom. The number of Topliss-reactive ketones (excluding diaryl/α,β-unsaturated/α-hetero) is 1. The number of allylic oxidation sites excluding steroid dienone is 3. The van der Waals surface area contributed by atoms with Crippen molar-refractivity contribution < 1.29 is 4.79 Å². The Morgan fingerprint density at radius 2 is 1.72 bits per heavy atom. The monoisotopic (exact) mass is 446 g/mol. The van der Waals surface area contributed by atoms with E-state index in [4.69, 9.17) is 17.3 Å². The Morgan fingerprint density at radius 3 is 2.28 bits per heavy atom. The van der Waals surface area contributed by atoms with Crippen molar-refractivity contribution in [3.63, 3.8) is 0 Å². The Balaban J connectivity index is 1.95. The molecular formula is C26H27ClN4O. The maximum atomic E-state index is 13.5. The molecule has 0 fully saturated rings. The molecule has 2 aliphatic rings. The number of halogens is 1. The fourth-order valence-corrected chi connectivity index (χ4v) is 4.82. The van der Waals surface area contributed by atoms with Crippen LogP contribution in [0, 0.1) is 16.7 Å². The van der Waals surface area contributed by atoms with E-state index in [0.717, 1.165) is 22.6 Å². The second kappa shape index (κ2) is 8.03. The molecule has 5 nitrogen and oxygen atoms in total. The summed E-state index contributed by atoms with van der Waals surface area (Å²) < 4.78 is 0. The molecule has 2 aromatic rings. The third-order valence-corrected chi connectivity index (χ3v) is 6.46. The fourth-order valence-electron chi connectivity index (χ4n) is 4.69. The molecule has 0 saturated carbocycles. The number of benzene rings is 2. The first-order chi connectivity index (χ1) is 15.1. The minimum atomic E-state index is -0.474. The summed E-state index contributed by atoms with van der Waals surface area (Å²) in [7, 11) is 3.96. The van der Waals surface area contributed by atoms with Gasteiger partial charge in [-0.2, -0.15) is 5.26 Å². The SMILES string of the molecule is CN(C)c1ccc([C@@H]2C(C#N)=C(N)N(c3ccc(Cl)cc3)C3=C2C(=O)CC(C)(C)C3)cc1. The van der Waals surface area contributed by atoms with Crippen LogP contribution >= 0.6 is 11.6 Å². The molecular weight excluding hydrogens is 420 g/mol. The molecule has 164 valence electrons. The number of nitrogens with zero attached hydrogens (tertiary/aromatic N) is 3. The van der Waals surface area contributed by atoms with E-state index in [-0.39, 0.29) is 11.2 Å². The second-order valence-corrected chi connectivity index (χ2v) is 9.88. The largest absolute Gasteiger partial charge is 0.384 e. The van der Waals surface area contributed by atoms with Gasteiger partial charge in [-0.15, -0.1) is 0 Å². The van der Waals surface area contributed by atoms with Crippen LogP contribution in [0.5, 0.6) is 0 Å². The first-order valence-electron chi connectivity index (χ1n) is 10.6. The fraction of sp³-hybridized carbons (Fsp3) is 0.308. The van der Waals surface area contributed by atoms with Gasteiger partial charge in [-0.05, 0) is 53.8 Å². The predicted molar refractivity (Wildman–Crippen MR) is 129 cm³/mol. The summed E-state index contributed by atoms with van der Waals surface area (Å²) >= 11 is 6.10. The van der Waals surface area contributed by atoms with Gasteiger partial charge in [0.15, 0.2) is 5.78 Å². The van der Waals surface area contributed by atoms with Crippen LogP contribution in [0.2, 0.25) is 5.02 Å². The van der Waals surface area contributed by atoms with Gasteiger partial charge in [-0.25, -0.2) is 0 Å². The molecule has 0 bridgehead atoms. The lowest BCUT2D eigenvalue weighted by atomic mass is 9.68. The van der Waals surface area contributed by atoms with E-state index in [1.165, 1.54) is 0 Å². The predicted octanol–water partition coefficient (Wildman–Crippen LogP) is 5.35. The smallest absolute Gasteiger partial charge is 0.162 e. The molecule has 2 aromatic carbocycles. The highest BCUT2D eigenvalue weighted by Crippen LogP contribution is 2.50. The zero-order valence-electron chi connectivity index (χ0n) is 18.8. The zero-order chi connectivity index (χ0) is 23.2. The molecule has 1 heterocycles. The van der Waals surface area contributed by atoms with Crippen molar-refractivity contribution in [1.29, 1.82) is 5.26 Å². The van der Waals surface area contributed by atoms with Crippen molar-refractivity contribution in [2.75, 3.05) is 23.9 Å². The third-order valence-electron chi connectivity index (χ3n) is 6.21. The average Bonchev–Trinajstić information content (AvgIpc) is 2.73. The number of anilines is 2. The number of nitrogens with two attached hydrogens (primary N) is 1. The molecule has 32 heavy (non-hydrogen) atoms. The van der Waals surface area contributed by atoms with Crippen LogP contribution in [0.15, 0.2) is 71.2 Å². The Hall–Kier alpha value is -3.23. The molecule has 0 radical (unpaired) electrons. The molecule has 0 amide bonds. The number of carbonyl (C=O) groups is 1. The van der Waals surface area contributed by atoms with E-state index >= 15 is 0 Å². The normalized spacial score (nSPS) is 20.2. The van der Waals surface area contributed by atoms with Crippen LogP contribution in [-0.4, -0.2) is 19.9 Å². The third kappa shape index (κ3) is 3.76. The van der Waals surface area contributed by atoms with Gasteiger partial charge in [0.05, 0.1) is 17.6 Å². The number of ketones is 1. The Kier molecular flexibility index (Phi) is 5.52. The second-order valence-electron chi connectivity index (χ2n) is 9.44. The lowest BCUT2D eigenvalue weighted by molar-refractivity contribution is -0.118. The van der Waals surface area contributed by atoms with Crippen molar-refractivity contribution >= 4 is 28.8 Å². The van der Waals surface area contributed by atoms with Gasteiger partial charge < -0.3 is 10.6 Å². The van der Waals surface area contributed by atoms with E-state index in [1.54, 1.807) is 12.1 Å². The number of nitriles is 1. The highest BCUT2D eigenvalue weighted by molar-refractivity contribution is 6.30. The summed E-state index contributed by atoms with van der Waals surface area (Å²) in [6.07, 6.45) is 1.12. The Labute approximate surface area is 194 Å². The average molecular weight is 447 g/mol. The van der Waals surface area contributed by atoms with Crippen molar-refractivity contribution in [2.24, 2.45) is 11.1 Å². The lowest BCUT2D eigenvalue weighted by Crippen LogP contribution is -2.42. The standard InChI is InChI=1S/C26H27ClN4O/c1-26(2)13-21-24(22(32)14-26)23(16-5-9-18(10-6-16)30(3)4)20(15-28)25(29)31(21)19-11-7-17(27)8-12-19/h5-12,23H,13-14,29H2,1-4H3/t23-/m1/s1. The summed E-state index contributed by atoms with van der Waals surface area (Å²) in [6.45, 7) is 4.19. The minimum Gasteiger partial charge on any atom is -0.384 e. The highest BCUT2D eigenvalue weighted by atomic mass is 35.5. The van der Waals surface area contributed by atoms with Crippen molar-refractivity contribution in [2.45, 2.75) is 32.6 Å². The van der Waals surface area contributed by atoms with Crippen LogP contribution in [-0.2, 0) is 4.79 Å². The van der Waals surface area contributed by atoms with Crippen molar-refractivity contribution in [3.05, 3.63) is 81.8 Å². The van der Waals surface area contributed by atoms with E-state index < -0.39 is 5.92 Å². The molecule has 0 saturated heterocycles. The highest BCUT2D eigenvalue weighted by Gasteiger charge is 2.44. The molecule has 0 unspecified atom stereocenters. The maximum absolute atomic E-state index is 13.5. The molecule has 0 aromatic heterocycles. The first kappa shape index (κ1) is 22.0. The Bertz CT molecular complexity index is 1170. The van der Waals surface area contributed by atoms with Crippen molar-refractivity contribution in [1.82, 2.24) is 0 Å². The van der Waals surface area contributed by atoms with Gasteiger partial charge in [0.1, 0.15) is 5.82 Å². The van der Waals surface area contributed by atoms with Gasteiger partial charge >= 0.3 is 0 Å². The van der Waals surface area contributed by atoms with E-state index in [2.05, 4.69) is 19.9 Å². The van der Waals surface area contributed by atoms with Gasteiger partial charge in [0.25, 0.3) is 0 Å². The number of hydrogen-bond donors (Lipinski definition) is 1. The van der Waals surface area contributed by atoms with Gasteiger partial charge in [-0.1, -0.05) is 37.6 Å². The maximum Gasteiger partial charge on any atom is 0.162 e. The quantitative estimate of drug-likeness (QED) is 0.688. The summed E-state index contributed by atoms with van der Waals surface area (Å²) in [4.78, 5) is 17.4. The van der Waals surface area contributed by atoms with E-state index in [9.17, 15) is 10.1 Å². The molecule has 6 heteroatoms. The number of carbonyl (C=O) groups excluding carboxylic acids is 1. The van der Waals surface area contributed by atoms with Crippen LogP contribution in [0.1, 0.15) is 38.2 Å². The first-order valence-corrected chi connectivity index (χ1v) is 11.0. The molecule has 1 atom stereocenters. The van der Waals surface area contributed by atoms with Gasteiger partial charge in [0, 0.05) is 48.2 Å². The summed E-state index contributed by atoms with van der Waals surface area (Å²) in [5.74, 6) is -0.0451. The van der Waals surface area contributed by atoms with Crippen LogP contribution < -0.4 is 15.5 Å². The summed E-state index contributed by atoms with van der Waals surface area (Å²) in [6, 6.07) is 17.6. The lowest BCUT2D eigenvalue weighted by Gasteiger charge is -2.43. The molecule has 1 aliphatic carbocycles. The van der Waals surface area contributed by atoms with E-state index in [0.29, 0.717) is 34.8 Å².